The number of aryl methyl sites for hydroxylation is 2. The van der Waals surface area contributed by atoms with E-state index in [2.05, 4.69) is 43.1 Å². The fourth-order valence-corrected chi connectivity index (χ4v) is 3.96. The maximum atomic E-state index is 13.2. The van der Waals surface area contributed by atoms with E-state index in [4.69, 9.17) is 4.74 Å². The number of benzene rings is 2. The zero-order valence-corrected chi connectivity index (χ0v) is 18.7. The lowest BCUT2D eigenvalue weighted by Crippen LogP contribution is -2.26. The number of hydrogen-bond acceptors (Lipinski definition) is 3. The standard InChI is InChI=1S/C25H33FN2O2/c1-17-14-21(15-18(2)24(17)27-23(29)16-25(3,4)5)28-11-10-22(30-13-12-28)19-6-8-20(26)9-7-19/h6-9,14-15,22H,10-13,16H2,1-5H3,(H,27,29)/t22-/m1/s1. The molecule has 162 valence electrons. The van der Waals surface area contributed by atoms with Gasteiger partial charge in [-0.3, -0.25) is 4.79 Å². The van der Waals surface area contributed by atoms with Gasteiger partial charge in [-0.25, -0.2) is 4.39 Å². The van der Waals surface area contributed by atoms with Crippen molar-refractivity contribution in [2.75, 3.05) is 29.9 Å². The Kier molecular flexibility index (Phi) is 6.81. The van der Waals surface area contributed by atoms with E-state index in [0.29, 0.717) is 13.0 Å². The first-order valence-corrected chi connectivity index (χ1v) is 10.7. The van der Waals surface area contributed by atoms with Crippen molar-refractivity contribution in [1.82, 2.24) is 0 Å². The van der Waals surface area contributed by atoms with Crippen molar-refractivity contribution in [2.24, 2.45) is 5.41 Å². The summed E-state index contributed by atoms with van der Waals surface area (Å²) in [6, 6.07) is 10.9. The summed E-state index contributed by atoms with van der Waals surface area (Å²) in [6.45, 7) is 12.5. The quantitative estimate of drug-likeness (QED) is 0.691. The molecule has 30 heavy (non-hydrogen) atoms. The highest BCUT2D eigenvalue weighted by molar-refractivity contribution is 5.93. The molecule has 0 unspecified atom stereocenters. The largest absolute Gasteiger partial charge is 0.372 e. The van der Waals surface area contributed by atoms with Crippen LogP contribution < -0.4 is 10.2 Å². The van der Waals surface area contributed by atoms with E-state index >= 15 is 0 Å². The fraction of sp³-hybridized carbons (Fsp3) is 0.480. The van der Waals surface area contributed by atoms with Crippen LogP contribution in [0.1, 0.15) is 56.4 Å². The SMILES string of the molecule is Cc1cc(N2CCO[C@@H](c3ccc(F)cc3)CC2)cc(C)c1NC(=O)CC(C)(C)C. The van der Waals surface area contributed by atoms with Crippen molar-refractivity contribution in [3.63, 3.8) is 0 Å². The molecule has 1 aliphatic heterocycles. The van der Waals surface area contributed by atoms with E-state index in [1.54, 1.807) is 12.1 Å². The van der Waals surface area contributed by atoms with Gasteiger partial charge in [0.15, 0.2) is 0 Å². The minimum Gasteiger partial charge on any atom is -0.372 e. The summed E-state index contributed by atoms with van der Waals surface area (Å²) >= 11 is 0. The highest BCUT2D eigenvalue weighted by atomic mass is 19.1. The first-order chi connectivity index (χ1) is 14.1. The van der Waals surface area contributed by atoms with E-state index in [1.165, 1.54) is 12.1 Å². The van der Waals surface area contributed by atoms with E-state index in [-0.39, 0.29) is 23.2 Å². The van der Waals surface area contributed by atoms with Crippen molar-refractivity contribution in [2.45, 2.75) is 53.6 Å². The summed E-state index contributed by atoms with van der Waals surface area (Å²) < 4.78 is 19.3. The van der Waals surface area contributed by atoms with Crippen LogP contribution in [0.2, 0.25) is 0 Å². The van der Waals surface area contributed by atoms with Crippen LogP contribution in [0.5, 0.6) is 0 Å². The third-order valence-electron chi connectivity index (χ3n) is 5.42. The van der Waals surface area contributed by atoms with Gasteiger partial charge < -0.3 is 15.0 Å². The van der Waals surface area contributed by atoms with Crippen LogP contribution in [0.3, 0.4) is 0 Å². The molecule has 2 aromatic rings. The zero-order chi connectivity index (χ0) is 21.9. The number of hydrogen-bond donors (Lipinski definition) is 1. The number of ether oxygens (including phenoxy) is 1. The first kappa shape index (κ1) is 22.3. The average Bonchev–Trinajstić information content (AvgIpc) is 2.90. The number of nitrogens with zero attached hydrogens (tertiary/aromatic N) is 1. The summed E-state index contributed by atoms with van der Waals surface area (Å²) in [5, 5.41) is 3.10. The normalized spacial score (nSPS) is 17.5. The highest BCUT2D eigenvalue weighted by Gasteiger charge is 2.21. The summed E-state index contributed by atoms with van der Waals surface area (Å²) in [6.07, 6.45) is 1.31. The molecule has 1 heterocycles. The summed E-state index contributed by atoms with van der Waals surface area (Å²) in [7, 11) is 0. The second kappa shape index (κ2) is 9.17. The molecule has 1 amide bonds. The smallest absolute Gasteiger partial charge is 0.224 e. The van der Waals surface area contributed by atoms with Gasteiger partial charge in [0.1, 0.15) is 5.82 Å². The van der Waals surface area contributed by atoms with E-state index in [0.717, 1.165) is 47.6 Å². The Morgan fingerprint density at radius 3 is 2.37 bits per heavy atom. The Labute approximate surface area is 179 Å². The molecule has 0 saturated carbocycles. The Morgan fingerprint density at radius 1 is 1.13 bits per heavy atom. The van der Waals surface area contributed by atoms with E-state index < -0.39 is 0 Å². The van der Waals surface area contributed by atoms with Gasteiger partial charge in [0.2, 0.25) is 5.91 Å². The van der Waals surface area contributed by atoms with Crippen LogP contribution in [-0.4, -0.2) is 25.6 Å². The molecule has 1 N–H and O–H groups in total. The van der Waals surface area contributed by atoms with Crippen LogP contribution in [0.4, 0.5) is 15.8 Å². The number of halogens is 1. The lowest BCUT2D eigenvalue weighted by Gasteiger charge is -2.25. The second-order valence-electron chi connectivity index (χ2n) is 9.43. The maximum absolute atomic E-state index is 13.2. The molecule has 5 heteroatoms. The monoisotopic (exact) mass is 412 g/mol. The van der Waals surface area contributed by atoms with Crippen LogP contribution in [0.25, 0.3) is 0 Å². The van der Waals surface area contributed by atoms with Gasteiger partial charge in [-0.2, -0.15) is 0 Å². The van der Waals surface area contributed by atoms with Crippen molar-refractivity contribution < 1.29 is 13.9 Å². The Bertz CT molecular complexity index is 864. The summed E-state index contributed by atoms with van der Waals surface area (Å²) in [5.41, 5.74) is 5.15. The van der Waals surface area contributed by atoms with Crippen LogP contribution in [-0.2, 0) is 9.53 Å². The molecule has 0 radical (unpaired) electrons. The van der Waals surface area contributed by atoms with E-state index in [9.17, 15) is 9.18 Å². The van der Waals surface area contributed by atoms with Gasteiger partial charge in [-0.1, -0.05) is 32.9 Å². The predicted molar refractivity (Wildman–Crippen MR) is 121 cm³/mol. The van der Waals surface area contributed by atoms with Crippen molar-refractivity contribution in [3.05, 3.63) is 58.9 Å². The van der Waals surface area contributed by atoms with Gasteiger partial charge in [-0.05, 0) is 66.6 Å². The molecular weight excluding hydrogens is 379 g/mol. The topological polar surface area (TPSA) is 41.6 Å². The van der Waals surface area contributed by atoms with Crippen molar-refractivity contribution in [1.29, 1.82) is 0 Å². The van der Waals surface area contributed by atoms with Crippen LogP contribution in [0.15, 0.2) is 36.4 Å². The second-order valence-corrected chi connectivity index (χ2v) is 9.43. The molecule has 0 bridgehead atoms. The van der Waals surface area contributed by atoms with Gasteiger partial charge in [0.25, 0.3) is 0 Å². The molecule has 4 nitrogen and oxygen atoms in total. The van der Waals surface area contributed by atoms with Gasteiger partial charge in [0.05, 0.1) is 12.7 Å². The van der Waals surface area contributed by atoms with Crippen molar-refractivity contribution >= 4 is 17.3 Å². The Morgan fingerprint density at radius 2 is 1.77 bits per heavy atom. The predicted octanol–water partition coefficient (Wildman–Crippen LogP) is 5.79. The number of carbonyl (C=O) groups is 1. The number of carbonyl (C=O) groups excluding carboxylic acids is 1. The number of rotatable bonds is 4. The minimum absolute atomic E-state index is 0.0197. The highest BCUT2D eigenvalue weighted by Crippen LogP contribution is 2.31. The summed E-state index contributed by atoms with van der Waals surface area (Å²) in [4.78, 5) is 14.7. The lowest BCUT2D eigenvalue weighted by molar-refractivity contribution is -0.117. The van der Waals surface area contributed by atoms with Gasteiger partial charge in [0, 0.05) is 30.9 Å². The van der Waals surface area contributed by atoms with Gasteiger partial charge in [-0.15, -0.1) is 0 Å². The molecule has 1 aliphatic rings. The molecule has 3 rings (SSSR count). The number of amides is 1. The summed E-state index contributed by atoms with van der Waals surface area (Å²) in [5.74, 6) is -0.179. The maximum Gasteiger partial charge on any atom is 0.224 e. The molecule has 2 aromatic carbocycles. The molecule has 0 aliphatic carbocycles. The average molecular weight is 413 g/mol. The third kappa shape index (κ3) is 5.82. The van der Waals surface area contributed by atoms with E-state index in [1.807, 2.05) is 13.8 Å². The molecule has 1 fully saturated rings. The zero-order valence-electron chi connectivity index (χ0n) is 18.7. The van der Waals surface area contributed by atoms with Gasteiger partial charge >= 0.3 is 0 Å². The minimum atomic E-state index is -0.227. The van der Waals surface area contributed by atoms with Crippen LogP contribution >= 0.6 is 0 Å². The molecule has 1 saturated heterocycles. The Hall–Kier alpha value is -2.40. The Balaban J connectivity index is 1.70. The molecule has 0 aromatic heterocycles. The first-order valence-electron chi connectivity index (χ1n) is 10.7. The van der Waals surface area contributed by atoms with Crippen LogP contribution in [0, 0.1) is 25.1 Å². The number of anilines is 2. The molecule has 1 atom stereocenters. The third-order valence-corrected chi connectivity index (χ3v) is 5.42. The molecular formula is C25H33FN2O2. The molecule has 0 spiro atoms. The number of nitrogens with one attached hydrogen (secondary N) is 1. The fourth-order valence-electron chi connectivity index (χ4n) is 3.96. The lowest BCUT2D eigenvalue weighted by atomic mass is 9.92. The van der Waals surface area contributed by atoms with Crippen molar-refractivity contribution in [3.8, 4) is 0 Å².